The summed E-state index contributed by atoms with van der Waals surface area (Å²) in [6, 6.07) is 4.32. The van der Waals surface area contributed by atoms with Crippen molar-refractivity contribution in [3.8, 4) is 0 Å². The average Bonchev–Trinajstić information content (AvgIpc) is 2.26. The lowest BCUT2D eigenvalue weighted by Crippen LogP contribution is -2.29. The summed E-state index contributed by atoms with van der Waals surface area (Å²) in [4.78, 5) is 0. The number of methoxy groups -OCH3 is 1. The molecule has 0 saturated carbocycles. The molecule has 0 aliphatic carbocycles. The zero-order valence-electron chi connectivity index (χ0n) is 9.17. The second-order valence-corrected chi connectivity index (χ2v) is 3.90. The summed E-state index contributed by atoms with van der Waals surface area (Å²) >= 11 is 5.95. The van der Waals surface area contributed by atoms with Gasteiger partial charge in [0.2, 0.25) is 0 Å². The van der Waals surface area contributed by atoms with Crippen LogP contribution < -0.4 is 11.3 Å². The monoisotopic (exact) mass is 246 g/mol. The van der Waals surface area contributed by atoms with Crippen LogP contribution in [0.25, 0.3) is 0 Å². The molecule has 0 aliphatic rings. The molecule has 0 spiro atoms. The van der Waals surface area contributed by atoms with Crippen molar-refractivity contribution >= 4 is 11.6 Å². The van der Waals surface area contributed by atoms with Crippen LogP contribution >= 0.6 is 11.6 Å². The van der Waals surface area contributed by atoms with E-state index >= 15 is 0 Å². The summed E-state index contributed by atoms with van der Waals surface area (Å²) in [6.45, 7) is 0.615. The van der Waals surface area contributed by atoms with E-state index in [1.807, 2.05) is 0 Å². The molecule has 1 unspecified atom stereocenters. The number of halogens is 2. The van der Waals surface area contributed by atoms with E-state index in [0.717, 1.165) is 6.42 Å². The highest BCUT2D eigenvalue weighted by atomic mass is 35.5. The SMILES string of the molecule is COCCCC(NN)c1c(F)cccc1Cl. The minimum atomic E-state index is -0.340. The molecule has 0 bridgehead atoms. The molecule has 16 heavy (non-hydrogen) atoms. The molecule has 0 aliphatic heterocycles. The summed E-state index contributed by atoms with van der Waals surface area (Å²) < 4.78 is 18.5. The first kappa shape index (κ1) is 13.4. The summed E-state index contributed by atoms with van der Waals surface area (Å²) in [5, 5.41) is 0.389. The Hall–Kier alpha value is -0.680. The molecule has 0 heterocycles. The molecule has 0 aromatic heterocycles. The normalized spacial score (nSPS) is 12.8. The predicted octanol–water partition coefficient (Wildman–Crippen LogP) is 2.41. The van der Waals surface area contributed by atoms with E-state index in [1.54, 1.807) is 19.2 Å². The minimum Gasteiger partial charge on any atom is -0.385 e. The van der Waals surface area contributed by atoms with Gasteiger partial charge in [-0.3, -0.25) is 11.3 Å². The van der Waals surface area contributed by atoms with Gasteiger partial charge in [-0.1, -0.05) is 17.7 Å². The van der Waals surface area contributed by atoms with Gasteiger partial charge >= 0.3 is 0 Å². The molecule has 1 aromatic carbocycles. The fourth-order valence-electron chi connectivity index (χ4n) is 1.59. The number of nitrogens with two attached hydrogens (primary N) is 1. The number of benzene rings is 1. The highest BCUT2D eigenvalue weighted by Gasteiger charge is 2.17. The Morgan fingerprint density at radius 3 is 2.88 bits per heavy atom. The molecule has 0 saturated heterocycles. The molecular weight excluding hydrogens is 231 g/mol. The van der Waals surface area contributed by atoms with E-state index in [2.05, 4.69) is 5.43 Å². The van der Waals surface area contributed by atoms with Crippen LogP contribution in [0.1, 0.15) is 24.4 Å². The molecule has 5 heteroatoms. The highest BCUT2D eigenvalue weighted by molar-refractivity contribution is 6.31. The first-order valence-corrected chi connectivity index (χ1v) is 5.47. The van der Waals surface area contributed by atoms with E-state index in [0.29, 0.717) is 23.6 Å². The van der Waals surface area contributed by atoms with Crippen molar-refractivity contribution in [1.82, 2.24) is 5.43 Å². The van der Waals surface area contributed by atoms with E-state index in [9.17, 15) is 4.39 Å². The van der Waals surface area contributed by atoms with Crippen molar-refractivity contribution in [1.29, 1.82) is 0 Å². The second-order valence-electron chi connectivity index (χ2n) is 3.49. The number of ether oxygens (including phenoxy) is 1. The average molecular weight is 247 g/mol. The Morgan fingerprint density at radius 1 is 1.56 bits per heavy atom. The summed E-state index contributed by atoms with van der Waals surface area (Å²) in [5.41, 5.74) is 3.00. The van der Waals surface area contributed by atoms with Gasteiger partial charge in [-0.25, -0.2) is 4.39 Å². The lowest BCUT2D eigenvalue weighted by molar-refractivity contribution is 0.188. The summed E-state index contributed by atoms with van der Waals surface area (Å²) in [7, 11) is 1.63. The topological polar surface area (TPSA) is 47.3 Å². The van der Waals surface area contributed by atoms with Gasteiger partial charge in [0.1, 0.15) is 5.82 Å². The first-order chi connectivity index (χ1) is 7.70. The van der Waals surface area contributed by atoms with Crippen LogP contribution in [0.4, 0.5) is 4.39 Å². The van der Waals surface area contributed by atoms with Crippen LogP contribution in [0, 0.1) is 5.82 Å². The predicted molar refractivity (Wildman–Crippen MR) is 62.6 cm³/mol. The molecular formula is C11H16ClFN2O. The van der Waals surface area contributed by atoms with E-state index in [-0.39, 0.29) is 11.9 Å². The van der Waals surface area contributed by atoms with Gasteiger partial charge < -0.3 is 4.74 Å². The number of hydrogen-bond donors (Lipinski definition) is 2. The van der Waals surface area contributed by atoms with Crippen LogP contribution in [0.15, 0.2) is 18.2 Å². The third-order valence-electron chi connectivity index (χ3n) is 2.39. The fourth-order valence-corrected chi connectivity index (χ4v) is 1.88. The fraction of sp³-hybridized carbons (Fsp3) is 0.455. The van der Waals surface area contributed by atoms with Crippen LogP contribution in [0.5, 0.6) is 0 Å². The summed E-state index contributed by atoms with van der Waals surface area (Å²) in [5.74, 6) is 5.07. The standard InChI is InChI=1S/C11H16ClFN2O/c1-16-7-3-6-10(15-14)11-8(12)4-2-5-9(11)13/h2,4-5,10,15H,3,6-7,14H2,1H3. The van der Waals surface area contributed by atoms with Crippen molar-refractivity contribution in [2.24, 2.45) is 5.84 Å². The van der Waals surface area contributed by atoms with Gasteiger partial charge in [0.15, 0.2) is 0 Å². The van der Waals surface area contributed by atoms with Gasteiger partial charge in [0.25, 0.3) is 0 Å². The Labute approximate surface area is 99.7 Å². The van der Waals surface area contributed by atoms with Gasteiger partial charge in [-0.15, -0.1) is 0 Å². The largest absolute Gasteiger partial charge is 0.385 e. The molecule has 0 amide bonds. The molecule has 90 valence electrons. The van der Waals surface area contributed by atoms with Crippen molar-refractivity contribution in [2.45, 2.75) is 18.9 Å². The van der Waals surface area contributed by atoms with Crippen molar-refractivity contribution in [3.63, 3.8) is 0 Å². The third kappa shape index (κ3) is 3.42. The molecule has 0 radical (unpaired) electrons. The molecule has 0 fully saturated rings. The Bertz CT molecular complexity index is 316. The zero-order chi connectivity index (χ0) is 12.0. The number of rotatable bonds is 6. The highest BCUT2D eigenvalue weighted by Crippen LogP contribution is 2.28. The van der Waals surface area contributed by atoms with Crippen LogP contribution in [0.2, 0.25) is 5.02 Å². The number of hydrazine groups is 1. The quantitative estimate of drug-likeness (QED) is 0.460. The maximum absolute atomic E-state index is 13.6. The van der Waals surface area contributed by atoms with Crippen LogP contribution in [-0.2, 0) is 4.74 Å². The molecule has 1 atom stereocenters. The maximum Gasteiger partial charge on any atom is 0.129 e. The maximum atomic E-state index is 13.6. The van der Waals surface area contributed by atoms with Crippen molar-refractivity contribution < 1.29 is 9.13 Å². The van der Waals surface area contributed by atoms with E-state index in [4.69, 9.17) is 22.2 Å². The number of hydrogen-bond acceptors (Lipinski definition) is 3. The number of nitrogens with one attached hydrogen (secondary N) is 1. The Balaban J connectivity index is 2.78. The van der Waals surface area contributed by atoms with E-state index in [1.165, 1.54) is 6.07 Å². The van der Waals surface area contributed by atoms with Gasteiger partial charge in [-0.05, 0) is 25.0 Å². The zero-order valence-corrected chi connectivity index (χ0v) is 9.93. The van der Waals surface area contributed by atoms with Gasteiger partial charge in [0.05, 0.1) is 6.04 Å². The first-order valence-electron chi connectivity index (χ1n) is 5.09. The van der Waals surface area contributed by atoms with Crippen LogP contribution in [-0.4, -0.2) is 13.7 Å². The lowest BCUT2D eigenvalue weighted by atomic mass is 10.0. The smallest absolute Gasteiger partial charge is 0.129 e. The van der Waals surface area contributed by atoms with Gasteiger partial charge in [-0.2, -0.15) is 0 Å². The Morgan fingerprint density at radius 2 is 2.31 bits per heavy atom. The molecule has 1 rings (SSSR count). The van der Waals surface area contributed by atoms with E-state index < -0.39 is 0 Å². The van der Waals surface area contributed by atoms with Gasteiger partial charge in [0, 0.05) is 24.3 Å². The van der Waals surface area contributed by atoms with Crippen molar-refractivity contribution in [2.75, 3.05) is 13.7 Å². The minimum absolute atomic E-state index is 0.288. The summed E-state index contributed by atoms with van der Waals surface area (Å²) in [6.07, 6.45) is 1.46. The van der Waals surface area contributed by atoms with Crippen molar-refractivity contribution in [3.05, 3.63) is 34.6 Å². The molecule has 3 nitrogen and oxygen atoms in total. The molecule has 1 aromatic rings. The molecule has 3 N–H and O–H groups in total. The lowest BCUT2D eigenvalue weighted by Gasteiger charge is -2.18. The second kappa shape index (κ2) is 6.81. The van der Waals surface area contributed by atoms with Crippen LogP contribution in [0.3, 0.4) is 0 Å². The Kier molecular flexibility index (Phi) is 5.69. The third-order valence-corrected chi connectivity index (χ3v) is 2.72.